The second kappa shape index (κ2) is 6.26. The topological polar surface area (TPSA) is 38.7 Å². The fourth-order valence-electron chi connectivity index (χ4n) is 8.21. The summed E-state index contributed by atoms with van der Waals surface area (Å²) in [6.07, 6.45) is 12.6. The predicted molar refractivity (Wildman–Crippen MR) is 122 cm³/mol. The molecule has 166 valence electrons. The molecule has 1 N–H and O–H groups in total. The van der Waals surface area contributed by atoms with Gasteiger partial charge in [0.25, 0.3) is 0 Å². The third-order valence-electron chi connectivity index (χ3n) is 10.8. The number of aliphatic hydroxyl groups excluding tert-OH is 1. The van der Waals surface area contributed by atoms with Gasteiger partial charge in [-0.25, -0.2) is 0 Å². The maximum atomic E-state index is 10.3. The van der Waals surface area contributed by atoms with Crippen LogP contribution in [-0.4, -0.2) is 29.5 Å². The van der Waals surface area contributed by atoms with Crippen LogP contribution >= 0.6 is 0 Å². The Morgan fingerprint density at radius 3 is 2.17 bits per heavy atom. The van der Waals surface area contributed by atoms with E-state index in [2.05, 4.69) is 60.6 Å². The Morgan fingerprint density at radius 1 is 0.867 bits per heavy atom. The van der Waals surface area contributed by atoms with Gasteiger partial charge in [0.2, 0.25) is 0 Å². The fourth-order valence-corrected chi connectivity index (χ4v) is 8.21. The van der Waals surface area contributed by atoms with Crippen LogP contribution in [0.4, 0.5) is 0 Å². The summed E-state index contributed by atoms with van der Waals surface area (Å²) in [6, 6.07) is 0. The number of hydrogen-bond acceptors (Lipinski definition) is 3. The quantitative estimate of drug-likeness (QED) is 0.433. The van der Waals surface area contributed by atoms with E-state index in [0.717, 1.165) is 32.1 Å². The smallest absolute Gasteiger partial charge is 0.400 e. The van der Waals surface area contributed by atoms with Crippen LogP contribution in [-0.2, 0) is 9.31 Å². The maximum Gasteiger partial charge on any atom is 0.490 e. The minimum absolute atomic E-state index is 0.134. The molecule has 2 saturated carbocycles. The van der Waals surface area contributed by atoms with Gasteiger partial charge in [-0.15, -0.1) is 0 Å². The average Bonchev–Trinajstić information content (AvgIpc) is 3.09. The van der Waals surface area contributed by atoms with Crippen LogP contribution in [0.2, 0.25) is 0 Å². The van der Waals surface area contributed by atoms with Gasteiger partial charge in [-0.3, -0.25) is 0 Å². The zero-order valence-electron chi connectivity index (χ0n) is 20.2. The third-order valence-corrected chi connectivity index (χ3v) is 10.8. The summed E-state index contributed by atoms with van der Waals surface area (Å²) >= 11 is 0. The van der Waals surface area contributed by atoms with E-state index >= 15 is 0 Å². The predicted octanol–water partition coefficient (Wildman–Crippen LogP) is 5.87. The molecule has 6 atom stereocenters. The molecule has 30 heavy (non-hydrogen) atoms. The molecular formula is C26H41BO3. The van der Waals surface area contributed by atoms with Crippen LogP contribution in [0.5, 0.6) is 0 Å². The van der Waals surface area contributed by atoms with Crippen LogP contribution < -0.4 is 0 Å². The first-order valence-corrected chi connectivity index (χ1v) is 12.3. The van der Waals surface area contributed by atoms with Crippen LogP contribution in [0, 0.1) is 28.1 Å². The molecule has 0 radical (unpaired) electrons. The monoisotopic (exact) mass is 412 g/mol. The summed E-state index contributed by atoms with van der Waals surface area (Å²) in [6.45, 7) is 16.2. The van der Waals surface area contributed by atoms with Gasteiger partial charge in [0.15, 0.2) is 0 Å². The van der Waals surface area contributed by atoms with Crippen molar-refractivity contribution in [3.63, 3.8) is 0 Å². The third kappa shape index (κ3) is 2.62. The first kappa shape index (κ1) is 21.3. The normalized spacial score (nSPS) is 49.1. The lowest BCUT2D eigenvalue weighted by Gasteiger charge is -2.63. The van der Waals surface area contributed by atoms with E-state index in [1.54, 1.807) is 5.57 Å². The van der Waals surface area contributed by atoms with E-state index in [4.69, 9.17) is 9.31 Å². The number of aliphatic hydroxyl groups is 1. The summed E-state index contributed by atoms with van der Waals surface area (Å²) in [5.41, 5.74) is 3.10. The first-order valence-electron chi connectivity index (χ1n) is 12.3. The van der Waals surface area contributed by atoms with Gasteiger partial charge in [0, 0.05) is 0 Å². The van der Waals surface area contributed by atoms with E-state index in [0.29, 0.717) is 17.3 Å². The van der Waals surface area contributed by atoms with Crippen molar-refractivity contribution in [2.75, 3.05) is 0 Å². The molecule has 1 heterocycles. The van der Waals surface area contributed by atoms with E-state index in [9.17, 15) is 5.11 Å². The van der Waals surface area contributed by atoms with Gasteiger partial charge in [0.1, 0.15) is 0 Å². The highest BCUT2D eigenvalue weighted by Gasteiger charge is 2.65. The Balaban J connectivity index is 1.46. The average molecular weight is 412 g/mol. The van der Waals surface area contributed by atoms with Crippen molar-refractivity contribution in [1.82, 2.24) is 0 Å². The molecule has 0 spiro atoms. The summed E-state index contributed by atoms with van der Waals surface area (Å²) in [7, 11) is -0.208. The molecule has 0 aromatic heterocycles. The second-order valence-corrected chi connectivity index (χ2v) is 12.8. The highest BCUT2D eigenvalue weighted by Crippen LogP contribution is 2.70. The van der Waals surface area contributed by atoms with Crippen LogP contribution in [0.3, 0.4) is 0 Å². The molecule has 4 aliphatic carbocycles. The molecule has 0 aromatic carbocycles. The Bertz CT molecular complexity index is 797. The van der Waals surface area contributed by atoms with Gasteiger partial charge in [0.05, 0.1) is 17.3 Å². The lowest BCUT2D eigenvalue weighted by Crippen LogP contribution is -2.56. The highest BCUT2D eigenvalue weighted by atomic mass is 16.7. The van der Waals surface area contributed by atoms with Gasteiger partial charge < -0.3 is 14.4 Å². The molecule has 5 rings (SSSR count). The van der Waals surface area contributed by atoms with Gasteiger partial charge >= 0.3 is 7.12 Å². The summed E-state index contributed by atoms with van der Waals surface area (Å²) in [4.78, 5) is 0. The number of hydrogen-bond donors (Lipinski definition) is 1. The zero-order chi connectivity index (χ0) is 21.7. The molecule has 0 bridgehead atoms. The van der Waals surface area contributed by atoms with Crippen LogP contribution in [0.1, 0.15) is 93.4 Å². The summed E-state index contributed by atoms with van der Waals surface area (Å²) in [5.74, 6) is 1.35. The van der Waals surface area contributed by atoms with Crippen molar-refractivity contribution in [3.8, 4) is 0 Å². The minimum Gasteiger partial charge on any atom is -0.400 e. The van der Waals surface area contributed by atoms with Gasteiger partial charge in [-0.2, -0.15) is 0 Å². The first-order chi connectivity index (χ1) is 13.8. The molecule has 3 fully saturated rings. The Morgan fingerprint density at radius 2 is 1.50 bits per heavy atom. The van der Waals surface area contributed by atoms with Crippen LogP contribution in [0.15, 0.2) is 23.2 Å². The molecule has 5 aliphatic rings. The number of rotatable bonds is 1. The Kier molecular flexibility index (Phi) is 4.44. The Labute approximate surface area is 183 Å². The van der Waals surface area contributed by atoms with E-state index in [-0.39, 0.29) is 35.3 Å². The Hall–Kier alpha value is -0.575. The molecule has 4 heteroatoms. The van der Waals surface area contributed by atoms with Crippen molar-refractivity contribution in [3.05, 3.63) is 23.2 Å². The van der Waals surface area contributed by atoms with E-state index in [1.807, 2.05) is 0 Å². The molecule has 0 amide bonds. The minimum atomic E-state index is -0.285. The maximum absolute atomic E-state index is 10.3. The molecule has 1 saturated heterocycles. The number of allylic oxidation sites excluding steroid dienone is 3. The highest BCUT2D eigenvalue weighted by molar-refractivity contribution is 6.55. The molecular weight excluding hydrogens is 371 g/mol. The van der Waals surface area contributed by atoms with Crippen molar-refractivity contribution >= 4 is 7.12 Å². The summed E-state index contributed by atoms with van der Waals surface area (Å²) in [5, 5.41) is 10.3. The number of fused-ring (bicyclic) bond motifs is 5. The van der Waals surface area contributed by atoms with E-state index < -0.39 is 0 Å². The van der Waals surface area contributed by atoms with Crippen molar-refractivity contribution < 1.29 is 14.4 Å². The van der Waals surface area contributed by atoms with Crippen LogP contribution in [0.25, 0.3) is 0 Å². The van der Waals surface area contributed by atoms with Crippen molar-refractivity contribution in [2.24, 2.45) is 28.1 Å². The largest absolute Gasteiger partial charge is 0.490 e. The lowest BCUT2D eigenvalue weighted by molar-refractivity contribution is -0.0918. The molecule has 0 unspecified atom stereocenters. The lowest BCUT2D eigenvalue weighted by atomic mass is 9.40. The molecule has 0 aromatic rings. The molecule has 1 aliphatic heterocycles. The van der Waals surface area contributed by atoms with Crippen molar-refractivity contribution in [2.45, 2.75) is 111 Å². The van der Waals surface area contributed by atoms with Gasteiger partial charge in [-0.1, -0.05) is 38.5 Å². The SMILES string of the molecule is CC1(C)OB(C2=CC[C@H]3[C@]4(C)CC=C5C[C@@H](O)CC[C@]5(C)[C@H]4CC[C@]23C)OC1(C)C. The summed E-state index contributed by atoms with van der Waals surface area (Å²) < 4.78 is 13.0. The van der Waals surface area contributed by atoms with E-state index in [1.165, 1.54) is 18.3 Å². The van der Waals surface area contributed by atoms with Gasteiger partial charge in [-0.05, 0) is 106 Å². The zero-order valence-corrected chi connectivity index (χ0v) is 20.2. The standard InChI is InChI=1S/C26H41BO3/c1-22(2)23(3,4)30-27(29-22)21-9-8-19-25(6)13-10-17-16-18(28)11-14-24(17,5)20(25)12-15-26(19,21)7/h9-10,18-20,28H,8,11-16H2,1-7H3/t18-,19-,20+,24-,25-,26-/m0/s1. The fraction of sp³-hybridized carbons (Fsp3) is 0.846. The van der Waals surface area contributed by atoms with Crippen molar-refractivity contribution in [1.29, 1.82) is 0 Å². The second-order valence-electron chi connectivity index (χ2n) is 12.8. The molecule has 3 nitrogen and oxygen atoms in total.